The topological polar surface area (TPSA) is 34.0 Å². The van der Waals surface area contributed by atoms with E-state index in [4.69, 9.17) is 11.6 Å². The Balaban J connectivity index is 1.42. The summed E-state index contributed by atoms with van der Waals surface area (Å²) in [6.45, 7) is 2.22. The number of fused-ring (bicyclic) bond motifs is 3. The molecule has 1 aliphatic heterocycles. The molecule has 4 heteroatoms. The molecule has 7 rings (SSSR count). The van der Waals surface area contributed by atoms with Gasteiger partial charge in [0.1, 0.15) is 5.54 Å². The number of nitrogens with zero attached hydrogens (tertiary/aromatic N) is 1. The van der Waals surface area contributed by atoms with Crippen molar-refractivity contribution in [3.8, 4) is 0 Å². The lowest BCUT2D eigenvalue weighted by Gasteiger charge is -2.33. The number of hydrogen-bond donors (Lipinski definition) is 1. The van der Waals surface area contributed by atoms with Gasteiger partial charge in [0.25, 0.3) is 5.91 Å². The second-order valence-corrected chi connectivity index (χ2v) is 10.9. The Kier molecular flexibility index (Phi) is 6.10. The second-order valence-electron chi connectivity index (χ2n) is 10.4. The molecule has 3 nitrogen and oxygen atoms in total. The van der Waals surface area contributed by atoms with Gasteiger partial charge in [0.15, 0.2) is 0 Å². The molecular formula is C37H27ClN2O. The fourth-order valence-electron chi connectivity index (χ4n) is 6.17. The van der Waals surface area contributed by atoms with Crippen LogP contribution in [0.4, 0.5) is 5.69 Å². The number of hydrogen-bond acceptors (Lipinski definition) is 1. The van der Waals surface area contributed by atoms with Gasteiger partial charge in [-0.2, -0.15) is 0 Å². The summed E-state index contributed by atoms with van der Waals surface area (Å²) in [5, 5.41) is 4.88. The van der Waals surface area contributed by atoms with E-state index in [1.165, 1.54) is 38.9 Å². The summed E-state index contributed by atoms with van der Waals surface area (Å²) in [5.41, 5.74) is 9.06. The van der Waals surface area contributed by atoms with Gasteiger partial charge in [-0.15, -0.1) is 0 Å². The van der Waals surface area contributed by atoms with Crippen LogP contribution in [0.3, 0.4) is 0 Å². The van der Waals surface area contributed by atoms with Crippen LogP contribution in [-0.2, 0) is 5.54 Å². The first kappa shape index (κ1) is 25.1. The van der Waals surface area contributed by atoms with E-state index in [9.17, 15) is 4.79 Å². The van der Waals surface area contributed by atoms with Crippen molar-refractivity contribution in [2.45, 2.75) is 12.5 Å². The first-order valence-corrected chi connectivity index (χ1v) is 14.1. The number of nitrogens with one attached hydrogen (secondary N) is 1. The van der Waals surface area contributed by atoms with E-state index in [0.717, 1.165) is 11.3 Å². The van der Waals surface area contributed by atoms with Crippen molar-refractivity contribution < 1.29 is 4.79 Å². The number of amides is 1. The molecule has 0 saturated carbocycles. The van der Waals surface area contributed by atoms with Crippen molar-refractivity contribution in [2.24, 2.45) is 0 Å². The van der Waals surface area contributed by atoms with Crippen molar-refractivity contribution >= 4 is 39.7 Å². The van der Waals surface area contributed by atoms with Crippen molar-refractivity contribution in [1.29, 1.82) is 0 Å². The molecule has 5 aromatic carbocycles. The predicted octanol–water partition coefficient (Wildman–Crippen LogP) is 9.09. The van der Waals surface area contributed by atoms with E-state index in [0.29, 0.717) is 10.6 Å². The number of para-hydroxylation sites is 1. The zero-order valence-electron chi connectivity index (χ0n) is 22.5. The molecule has 1 atom stereocenters. The molecule has 2 heterocycles. The highest BCUT2D eigenvalue weighted by molar-refractivity contribution is 6.30. The standard InChI is InChI=1S/C37H27ClN2O/c1-25-32-14-8-9-15-34(32)40-35(25)33(26-10-4-2-5-11-26)24-37(40,28-12-6-3-7-13-28)29-18-22-31(23-19-29)39-36(41)27-16-20-30(38)21-17-27/h2-24H,1H3,(H,39,41). The van der Waals surface area contributed by atoms with Crippen LogP contribution in [0.25, 0.3) is 16.5 Å². The number of benzene rings is 5. The SMILES string of the molecule is Cc1c2n(c3ccccc13)C(c1ccccc1)(c1ccc(NC(=O)c3ccc(Cl)cc3)cc1)C=C2c1ccccc1. The minimum Gasteiger partial charge on any atom is -0.322 e. The molecule has 0 saturated heterocycles. The Hall–Kier alpha value is -4.86. The lowest BCUT2D eigenvalue weighted by molar-refractivity contribution is 0.102. The number of rotatable bonds is 5. The molecule has 6 aromatic rings. The van der Waals surface area contributed by atoms with Crippen LogP contribution in [0.1, 0.15) is 38.3 Å². The molecule has 0 spiro atoms. The monoisotopic (exact) mass is 550 g/mol. The molecule has 0 aliphatic carbocycles. The molecule has 1 aliphatic rings. The maximum absolute atomic E-state index is 12.9. The van der Waals surface area contributed by atoms with E-state index in [1.54, 1.807) is 24.3 Å². The number of allylic oxidation sites excluding steroid dienone is 1. The Morgan fingerprint density at radius 2 is 1.32 bits per heavy atom. The Morgan fingerprint density at radius 3 is 2.02 bits per heavy atom. The smallest absolute Gasteiger partial charge is 0.255 e. The van der Waals surface area contributed by atoms with Crippen molar-refractivity contribution in [1.82, 2.24) is 4.57 Å². The van der Waals surface area contributed by atoms with Gasteiger partial charge < -0.3 is 9.88 Å². The number of carbonyl (C=O) groups is 1. The maximum atomic E-state index is 12.9. The number of aromatic nitrogens is 1. The fraction of sp³-hybridized carbons (Fsp3) is 0.0541. The van der Waals surface area contributed by atoms with Crippen LogP contribution in [-0.4, -0.2) is 10.5 Å². The third kappa shape index (κ3) is 4.09. The van der Waals surface area contributed by atoms with Gasteiger partial charge in [-0.1, -0.05) is 103 Å². The zero-order chi connectivity index (χ0) is 28.0. The summed E-state index contributed by atoms with van der Waals surface area (Å²) in [6.07, 6.45) is 2.41. The van der Waals surface area contributed by atoms with Crippen LogP contribution < -0.4 is 5.32 Å². The first-order valence-electron chi connectivity index (χ1n) is 13.7. The maximum Gasteiger partial charge on any atom is 0.255 e. The van der Waals surface area contributed by atoms with Gasteiger partial charge in [0.05, 0.1) is 11.2 Å². The van der Waals surface area contributed by atoms with Crippen LogP contribution in [0.2, 0.25) is 5.02 Å². The van der Waals surface area contributed by atoms with Gasteiger partial charge in [0.2, 0.25) is 0 Å². The lowest BCUT2D eigenvalue weighted by atomic mass is 9.81. The van der Waals surface area contributed by atoms with Crippen LogP contribution in [0, 0.1) is 6.92 Å². The molecule has 198 valence electrons. The summed E-state index contributed by atoms with van der Waals surface area (Å²) in [5.74, 6) is -0.173. The minimum atomic E-state index is -0.589. The zero-order valence-corrected chi connectivity index (χ0v) is 23.3. The second kappa shape index (κ2) is 9.96. The van der Waals surface area contributed by atoms with Crippen molar-refractivity contribution in [3.05, 3.63) is 178 Å². The van der Waals surface area contributed by atoms with E-state index >= 15 is 0 Å². The van der Waals surface area contributed by atoms with E-state index in [-0.39, 0.29) is 5.91 Å². The molecule has 0 bridgehead atoms. The van der Waals surface area contributed by atoms with E-state index < -0.39 is 5.54 Å². The van der Waals surface area contributed by atoms with Crippen LogP contribution >= 0.6 is 11.6 Å². The molecule has 41 heavy (non-hydrogen) atoms. The minimum absolute atomic E-state index is 0.173. The van der Waals surface area contributed by atoms with Gasteiger partial charge in [-0.05, 0) is 77.7 Å². The van der Waals surface area contributed by atoms with Gasteiger partial charge >= 0.3 is 0 Å². The first-order chi connectivity index (χ1) is 20.1. The Labute approximate surface area is 244 Å². The highest BCUT2D eigenvalue weighted by Gasteiger charge is 2.43. The average Bonchev–Trinajstić information content (AvgIpc) is 3.53. The molecule has 1 N–H and O–H groups in total. The normalized spacial score (nSPS) is 15.9. The summed E-state index contributed by atoms with van der Waals surface area (Å²) in [6, 6.07) is 45.1. The molecular weight excluding hydrogens is 524 g/mol. The fourth-order valence-corrected chi connectivity index (χ4v) is 6.29. The summed E-state index contributed by atoms with van der Waals surface area (Å²) < 4.78 is 2.50. The van der Waals surface area contributed by atoms with Crippen LogP contribution in [0.15, 0.2) is 140 Å². The molecule has 1 aromatic heterocycles. The Bertz CT molecular complexity index is 1920. The third-order valence-corrected chi connectivity index (χ3v) is 8.33. The summed E-state index contributed by atoms with van der Waals surface area (Å²) in [7, 11) is 0. The average molecular weight is 551 g/mol. The highest BCUT2D eigenvalue weighted by atomic mass is 35.5. The summed E-state index contributed by atoms with van der Waals surface area (Å²) >= 11 is 6.00. The molecule has 1 unspecified atom stereocenters. The van der Waals surface area contributed by atoms with Crippen molar-refractivity contribution in [2.75, 3.05) is 5.32 Å². The number of aryl methyl sites for hydroxylation is 1. The number of halogens is 1. The van der Waals surface area contributed by atoms with Crippen LogP contribution in [0.5, 0.6) is 0 Å². The quantitative estimate of drug-likeness (QED) is 0.228. The predicted molar refractivity (Wildman–Crippen MR) is 169 cm³/mol. The third-order valence-electron chi connectivity index (χ3n) is 8.08. The highest BCUT2D eigenvalue weighted by Crippen LogP contribution is 2.50. The molecule has 0 radical (unpaired) electrons. The number of carbonyl (C=O) groups excluding carboxylic acids is 1. The largest absolute Gasteiger partial charge is 0.322 e. The van der Waals surface area contributed by atoms with Gasteiger partial charge in [-0.25, -0.2) is 0 Å². The van der Waals surface area contributed by atoms with Gasteiger partial charge in [-0.3, -0.25) is 4.79 Å². The Morgan fingerprint density at radius 1 is 0.707 bits per heavy atom. The van der Waals surface area contributed by atoms with Gasteiger partial charge in [0, 0.05) is 27.2 Å². The van der Waals surface area contributed by atoms with E-state index in [1.807, 2.05) is 12.1 Å². The van der Waals surface area contributed by atoms with E-state index in [2.05, 4.69) is 120 Å². The number of anilines is 1. The summed E-state index contributed by atoms with van der Waals surface area (Å²) in [4.78, 5) is 12.9. The molecule has 0 fully saturated rings. The molecule has 1 amide bonds. The lowest BCUT2D eigenvalue weighted by Crippen LogP contribution is -2.32. The van der Waals surface area contributed by atoms with Crippen molar-refractivity contribution in [3.63, 3.8) is 0 Å².